The number of amides is 5. The molecule has 1 fully saturated rings. The van der Waals surface area contributed by atoms with Crippen molar-refractivity contribution in [3.8, 4) is 5.75 Å². The van der Waals surface area contributed by atoms with Crippen molar-refractivity contribution >= 4 is 64.4 Å². The normalized spacial score (nSPS) is 14.5. The van der Waals surface area contributed by atoms with E-state index in [-0.39, 0.29) is 39.6 Å². The molecule has 0 atom stereocenters. The van der Waals surface area contributed by atoms with E-state index >= 15 is 0 Å². The summed E-state index contributed by atoms with van der Waals surface area (Å²) in [5.74, 6) is -1.83. The fourth-order valence-corrected chi connectivity index (χ4v) is 3.98. The van der Waals surface area contributed by atoms with Gasteiger partial charge in [-0.15, -0.1) is 0 Å². The second-order valence-electron chi connectivity index (χ2n) is 8.25. The summed E-state index contributed by atoms with van der Waals surface area (Å²) in [6, 6.07) is 15.5. The molecule has 2 N–H and O–H groups in total. The number of urea groups is 1. The van der Waals surface area contributed by atoms with E-state index in [9.17, 15) is 19.2 Å². The van der Waals surface area contributed by atoms with Crippen molar-refractivity contribution in [3.63, 3.8) is 0 Å². The molecule has 4 rings (SSSR count). The van der Waals surface area contributed by atoms with Crippen LogP contribution in [0.2, 0.25) is 10.0 Å². The summed E-state index contributed by atoms with van der Waals surface area (Å²) in [5.41, 5.74) is 2.87. The van der Waals surface area contributed by atoms with Gasteiger partial charge in [-0.25, -0.2) is 9.69 Å². The van der Waals surface area contributed by atoms with Gasteiger partial charge >= 0.3 is 6.03 Å². The Balaban J connectivity index is 1.55. The largest absolute Gasteiger partial charge is 0.483 e. The van der Waals surface area contributed by atoms with Crippen LogP contribution < -0.4 is 20.3 Å². The monoisotopic (exact) mass is 537 g/mol. The Bertz CT molecular complexity index is 1470. The second kappa shape index (κ2) is 10.9. The molecule has 37 heavy (non-hydrogen) atoms. The highest BCUT2D eigenvalue weighted by atomic mass is 35.5. The lowest BCUT2D eigenvalue weighted by Crippen LogP contribution is -2.54. The molecule has 0 aromatic heterocycles. The lowest BCUT2D eigenvalue weighted by molar-refractivity contribution is -0.122. The van der Waals surface area contributed by atoms with E-state index in [0.29, 0.717) is 11.3 Å². The minimum absolute atomic E-state index is 0.139. The molecule has 3 aromatic rings. The zero-order valence-electron chi connectivity index (χ0n) is 19.8. The molecular formula is C27H21Cl2N3O5. The van der Waals surface area contributed by atoms with Crippen molar-refractivity contribution in [3.05, 3.63) is 93.0 Å². The Hall–Kier alpha value is -4.14. The molecule has 0 bridgehead atoms. The number of carbonyl (C=O) groups is 4. The first kappa shape index (κ1) is 25.9. The van der Waals surface area contributed by atoms with Gasteiger partial charge in [-0.1, -0.05) is 59.1 Å². The quantitative estimate of drug-likeness (QED) is 0.328. The van der Waals surface area contributed by atoms with Crippen LogP contribution in [-0.2, 0) is 14.4 Å². The van der Waals surface area contributed by atoms with Crippen molar-refractivity contribution in [2.75, 3.05) is 16.8 Å². The lowest BCUT2D eigenvalue weighted by Gasteiger charge is -2.26. The van der Waals surface area contributed by atoms with Gasteiger partial charge in [0.2, 0.25) is 0 Å². The number of ether oxygens (including phenoxy) is 1. The van der Waals surface area contributed by atoms with Crippen LogP contribution in [0.1, 0.15) is 16.7 Å². The molecule has 0 aliphatic carbocycles. The molecule has 0 saturated carbocycles. The van der Waals surface area contributed by atoms with Crippen LogP contribution >= 0.6 is 23.2 Å². The Kier molecular flexibility index (Phi) is 7.61. The van der Waals surface area contributed by atoms with E-state index in [4.69, 9.17) is 27.9 Å². The number of hydrogen-bond donors (Lipinski definition) is 2. The van der Waals surface area contributed by atoms with Crippen LogP contribution in [0.5, 0.6) is 5.75 Å². The van der Waals surface area contributed by atoms with E-state index in [2.05, 4.69) is 10.6 Å². The average molecular weight is 538 g/mol. The molecule has 5 amide bonds. The van der Waals surface area contributed by atoms with Gasteiger partial charge in [0, 0.05) is 11.3 Å². The number of nitrogens with one attached hydrogen (secondary N) is 2. The average Bonchev–Trinajstić information content (AvgIpc) is 2.85. The number of rotatable bonds is 6. The smallest absolute Gasteiger partial charge is 0.335 e. The Morgan fingerprint density at radius 2 is 1.76 bits per heavy atom. The van der Waals surface area contributed by atoms with Gasteiger partial charge in [0.05, 0.1) is 15.7 Å². The van der Waals surface area contributed by atoms with Crippen molar-refractivity contribution < 1.29 is 23.9 Å². The van der Waals surface area contributed by atoms with Crippen molar-refractivity contribution in [1.82, 2.24) is 5.32 Å². The minimum atomic E-state index is -0.918. The number of barbiturate groups is 1. The van der Waals surface area contributed by atoms with Gasteiger partial charge in [0.1, 0.15) is 11.3 Å². The van der Waals surface area contributed by atoms with Crippen LogP contribution in [0, 0.1) is 13.8 Å². The first-order valence-electron chi connectivity index (χ1n) is 11.1. The topological polar surface area (TPSA) is 105 Å². The molecule has 188 valence electrons. The Morgan fingerprint density at radius 3 is 2.49 bits per heavy atom. The molecular weight excluding hydrogens is 517 g/mol. The molecule has 0 radical (unpaired) electrons. The predicted molar refractivity (Wildman–Crippen MR) is 142 cm³/mol. The van der Waals surface area contributed by atoms with E-state index in [1.807, 2.05) is 32.0 Å². The molecule has 0 unspecified atom stereocenters. The molecule has 3 aromatic carbocycles. The highest BCUT2D eigenvalue weighted by molar-refractivity contribution is 6.43. The number of nitrogens with zero attached hydrogens (tertiary/aromatic N) is 1. The van der Waals surface area contributed by atoms with Crippen LogP contribution in [0.4, 0.5) is 16.2 Å². The van der Waals surface area contributed by atoms with Crippen LogP contribution in [0.25, 0.3) is 6.08 Å². The highest BCUT2D eigenvalue weighted by Gasteiger charge is 2.37. The Labute approximate surface area is 222 Å². The number of aryl methyl sites for hydroxylation is 2. The Morgan fingerprint density at radius 1 is 1.00 bits per heavy atom. The molecule has 8 nitrogen and oxygen atoms in total. The van der Waals surface area contributed by atoms with Gasteiger partial charge in [-0.05, 0) is 55.8 Å². The van der Waals surface area contributed by atoms with Crippen LogP contribution in [0.3, 0.4) is 0 Å². The molecule has 0 spiro atoms. The first-order valence-corrected chi connectivity index (χ1v) is 11.8. The predicted octanol–water partition coefficient (Wildman–Crippen LogP) is 5.29. The van der Waals surface area contributed by atoms with E-state index in [0.717, 1.165) is 16.0 Å². The number of benzene rings is 3. The van der Waals surface area contributed by atoms with Gasteiger partial charge in [0.15, 0.2) is 6.61 Å². The van der Waals surface area contributed by atoms with Crippen molar-refractivity contribution in [2.45, 2.75) is 13.8 Å². The standard InChI is InChI=1S/C27H21Cl2N3O5/c1-15-7-10-22(16(2)11-15)30-24(33)14-37-23-6-4-3-5-17(23)12-19-25(34)31-27(36)32(26(19)35)18-8-9-20(28)21(29)13-18/h3-13H,14H2,1-2H3,(H,30,33)(H,31,34,36)/b19-12-. The first-order chi connectivity index (χ1) is 17.6. The summed E-state index contributed by atoms with van der Waals surface area (Å²) in [6.45, 7) is 3.55. The number of carbonyl (C=O) groups excluding carboxylic acids is 4. The molecule has 10 heteroatoms. The van der Waals surface area contributed by atoms with Gasteiger partial charge < -0.3 is 10.1 Å². The van der Waals surface area contributed by atoms with Crippen LogP contribution in [0.15, 0.2) is 66.2 Å². The van der Waals surface area contributed by atoms with E-state index < -0.39 is 17.8 Å². The maximum Gasteiger partial charge on any atom is 0.335 e. The third-order valence-electron chi connectivity index (χ3n) is 5.50. The highest BCUT2D eigenvalue weighted by Crippen LogP contribution is 2.30. The zero-order valence-corrected chi connectivity index (χ0v) is 21.3. The zero-order chi connectivity index (χ0) is 26.7. The second-order valence-corrected chi connectivity index (χ2v) is 9.06. The fraction of sp³-hybridized carbons (Fsp3) is 0.111. The maximum absolute atomic E-state index is 13.2. The number of anilines is 2. The van der Waals surface area contributed by atoms with Gasteiger partial charge in [-0.3, -0.25) is 19.7 Å². The van der Waals surface area contributed by atoms with E-state index in [1.54, 1.807) is 24.3 Å². The third kappa shape index (κ3) is 5.82. The minimum Gasteiger partial charge on any atom is -0.483 e. The molecule has 1 saturated heterocycles. The van der Waals surface area contributed by atoms with Crippen molar-refractivity contribution in [2.24, 2.45) is 0 Å². The van der Waals surface area contributed by atoms with E-state index in [1.165, 1.54) is 24.3 Å². The molecule has 1 aliphatic rings. The van der Waals surface area contributed by atoms with Crippen LogP contribution in [-0.4, -0.2) is 30.4 Å². The maximum atomic E-state index is 13.2. The summed E-state index contributed by atoms with van der Waals surface area (Å²) in [7, 11) is 0. The van der Waals surface area contributed by atoms with Gasteiger partial charge in [0.25, 0.3) is 17.7 Å². The number of para-hydroxylation sites is 1. The van der Waals surface area contributed by atoms with Gasteiger partial charge in [-0.2, -0.15) is 0 Å². The number of hydrogen-bond acceptors (Lipinski definition) is 5. The third-order valence-corrected chi connectivity index (χ3v) is 6.24. The van der Waals surface area contributed by atoms with Crippen molar-refractivity contribution in [1.29, 1.82) is 0 Å². The molecule has 1 heterocycles. The summed E-state index contributed by atoms with van der Waals surface area (Å²) < 4.78 is 5.70. The number of imide groups is 2. The number of halogens is 2. The summed E-state index contributed by atoms with van der Waals surface area (Å²) >= 11 is 12.0. The fourth-order valence-electron chi connectivity index (χ4n) is 3.69. The summed E-state index contributed by atoms with van der Waals surface area (Å²) in [6.07, 6.45) is 1.30. The lowest BCUT2D eigenvalue weighted by atomic mass is 10.1. The summed E-state index contributed by atoms with van der Waals surface area (Å²) in [4.78, 5) is 51.4. The molecule has 1 aliphatic heterocycles. The SMILES string of the molecule is Cc1ccc(NC(=O)COc2ccccc2/C=C2/C(=O)NC(=O)N(c3ccc(Cl)c(Cl)c3)C2=O)c(C)c1. The summed E-state index contributed by atoms with van der Waals surface area (Å²) in [5, 5.41) is 5.33.